The first kappa shape index (κ1) is 26.2. The van der Waals surface area contributed by atoms with Gasteiger partial charge >= 0.3 is 5.97 Å². The molecule has 1 aliphatic rings. The van der Waals surface area contributed by atoms with Crippen molar-refractivity contribution in [1.29, 1.82) is 0 Å². The van der Waals surface area contributed by atoms with Gasteiger partial charge in [-0.15, -0.1) is 0 Å². The van der Waals surface area contributed by atoms with Gasteiger partial charge in [-0.05, 0) is 48.6 Å². The second kappa shape index (κ2) is 10.9. The largest absolute Gasteiger partial charge is 0.495 e. The van der Waals surface area contributed by atoms with Crippen LogP contribution in [0.5, 0.6) is 5.75 Å². The van der Waals surface area contributed by atoms with Crippen LogP contribution in [-0.4, -0.2) is 49.7 Å². The number of esters is 1. The molecule has 3 heterocycles. The van der Waals surface area contributed by atoms with Gasteiger partial charge in [-0.25, -0.2) is 14.8 Å². The lowest BCUT2D eigenvalue weighted by Crippen LogP contribution is -2.09. The molecular weight excluding hydrogens is 518 g/mol. The minimum atomic E-state index is -0.434. The van der Waals surface area contributed by atoms with Crippen molar-refractivity contribution in [3.63, 3.8) is 0 Å². The third-order valence-electron chi connectivity index (χ3n) is 7.30. The molecule has 6 rings (SSSR count). The number of anilines is 2. The Morgan fingerprint density at radius 1 is 1.02 bits per heavy atom. The molecular formula is C31H31N7O3. The minimum absolute atomic E-state index is 0.395. The SMILES string of the molecule is CCCn1cc(-c2ccc(-c3c4c(nn3C)CCc3cnc(Nc5ccc(C(=O)OC)cc5OC)nc3-4)cc2)cn1. The normalized spacial score (nSPS) is 12.0. The molecule has 0 spiro atoms. The summed E-state index contributed by atoms with van der Waals surface area (Å²) in [5, 5.41) is 12.6. The zero-order valence-electron chi connectivity index (χ0n) is 23.5. The fourth-order valence-corrected chi connectivity index (χ4v) is 5.30. The number of methoxy groups -OCH3 is 2. The number of aromatic nitrogens is 6. The van der Waals surface area contributed by atoms with Gasteiger partial charge < -0.3 is 14.8 Å². The number of nitrogens with zero attached hydrogens (tertiary/aromatic N) is 6. The van der Waals surface area contributed by atoms with Gasteiger partial charge in [0, 0.05) is 42.7 Å². The molecule has 1 N–H and O–H groups in total. The molecule has 0 bridgehead atoms. The van der Waals surface area contributed by atoms with Crippen LogP contribution in [0.25, 0.3) is 33.6 Å². The van der Waals surface area contributed by atoms with E-state index in [1.54, 1.807) is 25.3 Å². The molecule has 0 saturated heterocycles. The Kier molecular flexibility index (Phi) is 6.96. The van der Waals surface area contributed by atoms with E-state index in [1.165, 1.54) is 7.11 Å². The first-order valence-corrected chi connectivity index (χ1v) is 13.6. The number of nitrogens with one attached hydrogen (secondary N) is 1. The Morgan fingerprint density at radius 3 is 2.59 bits per heavy atom. The molecule has 10 heteroatoms. The van der Waals surface area contributed by atoms with E-state index in [0.29, 0.717) is 22.9 Å². The van der Waals surface area contributed by atoms with Crippen LogP contribution in [0.4, 0.5) is 11.6 Å². The summed E-state index contributed by atoms with van der Waals surface area (Å²) in [6, 6.07) is 13.6. The molecule has 5 aromatic rings. The number of aryl methyl sites for hydroxylation is 4. The lowest BCUT2D eigenvalue weighted by atomic mass is 9.91. The maximum absolute atomic E-state index is 12.0. The molecule has 208 valence electrons. The number of benzene rings is 2. The highest BCUT2D eigenvalue weighted by atomic mass is 16.5. The van der Waals surface area contributed by atoms with Crippen molar-refractivity contribution in [3.8, 4) is 39.4 Å². The standard InChI is InChI=1S/C31H31N7O3/c1-5-14-38-18-23(17-33-38)19-6-8-20(9-7-19)29-27-25(36-37(29)2)13-11-22-16-32-31(35-28(22)27)34-24-12-10-21(30(39)41-4)15-26(24)40-3/h6-10,12,15-18H,5,11,13-14H2,1-4H3,(H,32,34,35). The Balaban J connectivity index is 1.34. The molecule has 0 unspecified atom stereocenters. The number of hydrogen-bond donors (Lipinski definition) is 1. The molecule has 2 aromatic carbocycles. The van der Waals surface area contributed by atoms with Gasteiger partial charge in [-0.1, -0.05) is 31.2 Å². The Labute approximate surface area is 238 Å². The Bertz CT molecular complexity index is 1740. The average molecular weight is 550 g/mol. The monoisotopic (exact) mass is 549 g/mol. The topological polar surface area (TPSA) is 109 Å². The minimum Gasteiger partial charge on any atom is -0.495 e. The molecule has 0 aliphatic heterocycles. The van der Waals surface area contributed by atoms with E-state index >= 15 is 0 Å². The third kappa shape index (κ3) is 4.93. The number of carbonyl (C=O) groups excluding carboxylic acids is 1. The summed E-state index contributed by atoms with van der Waals surface area (Å²) in [7, 11) is 4.87. The van der Waals surface area contributed by atoms with Gasteiger partial charge in [0.05, 0.1) is 48.7 Å². The molecule has 0 amide bonds. The Morgan fingerprint density at radius 2 is 1.83 bits per heavy atom. The van der Waals surface area contributed by atoms with Crippen molar-refractivity contribution >= 4 is 17.6 Å². The highest BCUT2D eigenvalue weighted by Gasteiger charge is 2.27. The van der Waals surface area contributed by atoms with Crippen molar-refractivity contribution < 1.29 is 14.3 Å². The van der Waals surface area contributed by atoms with Crippen LogP contribution in [0.1, 0.15) is 35.0 Å². The molecule has 0 atom stereocenters. The first-order valence-electron chi connectivity index (χ1n) is 13.6. The quantitative estimate of drug-likeness (QED) is 0.254. The molecule has 41 heavy (non-hydrogen) atoms. The number of fused-ring (bicyclic) bond motifs is 3. The maximum Gasteiger partial charge on any atom is 0.337 e. The van der Waals surface area contributed by atoms with Crippen LogP contribution in [-0.2, 0) is 31.2 Å². The lowest BCUT2D eigenvalue weighted by Gasteiger charge is -2.18. The molecule has 10 nitrogen and oxygen atoms in total. The predicted octanol–water partition coefficient (Wildman–Crippen LogP) is 5.46. The van der Waals surface area contributed by atoms with Gasteiger partial charge in [0.1, 0.15) is 5.75 Å². The smallest absolute Gasteiger partial charge is 0.337 e. The number of ether oxygens (including phenoxy) is 2. The molecule has 1 aliphatic carbocycles. The van der Waals surface area contributed by atoms with Crippen LogP contribution in [0.15, 0.2) is 61.1 Å². The second-order valence-corrected chi connectivity index (χ2v) is 9.96. The summed E-state index contributed by atoms with van der Waals surface area (Å²) in [4.78, 5) is 21.5. The molecule has 0 radical (unpaired) electrons. The van der Waals surface area contributed by atoms with E-state index in [0.717, 1.165) is 70.7 Å². The summed E-state index contributed by atoms with van der Waals surface area (Å²) >= 11 is 0. The fraction of sp³-hybridized carbons (Fsp3) is 0.258. The third-order valence-corrected chi connectivity index (χ3v) is 7.30. The van der Waals surface area contributed by atoms with Crippen molar-refractivity contribution in [2.24, 2.45) is 7.05 Å². The highest BCUT2D eigenvalue weighted by molar-refractivity contribution is 5.91. The van der Waals surface area contributed by atoms with Crippen LogP contribution < -0.4 is 10.1 Å². The van der Waals surface area contributed by atoms with E-state index in [1.807, 2.05) is 28.8 Å². The van der Waals surface area contributed by atoms with Crippen molar-refractivity contribution in [1.82, 2.24) is 29.5 Å². The van der Waals surface area contributed by atoms with Crippen molar-refractivity contribution in [2.75, 3.05) is 19.5 Å². The predicted molar refractivity (Wildman–Crippen MR) is 156 cm³/mol. The van der Waals surface area contributed by atoms with Crippen LogP contribution in [0.2, 0.25) is 0 Å². The molecule has 0 fully saturated rings. The van der Waals surface area contributed by atoms with E-state index in [-0.39, 0.29) is 0 Å². The summed E-state index contributed by atoms with van der Waals surface area (Å²) < 4.78 is 14.3. The fourth-order valence-electron chi connectivity index (χ4n) is 5.30. The van der Waals surface area contributed by atoms with Crippen LogP contribution in [0.3, 0.4) is 0 Å². The average Bonchev–Trinajstić information content (AvgIpc) is 3.61. The summed E-state index contributed by atoms with van der Waals surface area (Å²) in [6.45, 7) is 3.05. The van der Waals surface area contributed by atoms with Crippen LogP contribution in [0, 0.1) is 0 Å². The zero-order valence-corrected chi connectivity index (χ0v) is 23.5. The summed E-state index contributed by atoms with van der Waals surface area (Å²) in [5.74, 6) is 0.475. The second-order valence-electron chi connectivity index (χ2n) is 9.96. The van der Waals surface area contributed by atoms with Gasteiger partial charge in [-0.3, -0.25) is 9.36 Å². The van der Waals surface area contributed by atoms with Gasteiger partial charge in [0.2, 0.25) is 5.95 Å². The lowest BCUT2D eigenvalue weighted by molar-refractivity contribution is 0.0600. The zero-order chi connectivity index (χ0) is 28.5. The highest BCUT2D eigenvalue weighted by Crippen LogP contribution is 2.40. The van der Waals surface area contributed by atoms with Crippen LogP contribution >= 0.6 is 0 Å². The van der Waals surface area contributed by atoms with Crippen molar-refractivity contribution in [3.05, 3.63) is 77.9 Å². The van der Waals surface area contributed by atoms with Gasteiger partial charge in [0.25, 0.3) is 0 Å². The number of carbonyl (C=O) groups is 1. The molecule has 0 saturated carbocycles. The van der Waals surface area contributed by atoms with E-state index in [4.69, 9.17) is 19.6 Å². The van der Waals surface area contributed by atoms with Gasteiger partial charge in [0.15, 0.2) is 0 Å². The summed E-state index contributed by atoms with van der Waals surface area (Å²) in [6.07, 6.45) is 8.56. The number of rotatable bonds is 8. The first-order chi connectivity index (χ1) is 20.0. The number of hydrogen-bond acceptors (Lipinski definition) is 8. The maximum atomic E-state index is 12.0. The van der Waals surface area contributed by atoms with Crippen molar-refractivity contribution in [2.45, 2.75) is 32.7 Å². The van der Waals surface area contributed by atoms with E-state index in [2.05, 4.69) is 52.8 Å². The van der Waals surface area contributed by atoms with Gasteiger partial charge in [-0.2, -0.15) is 10.2 Å². The molecule has 3 aromatic heterocycles. The van der Waals surface area contributed by atoms with E-state index in [9.17, 15) is 4.79 Å². The summed E-state index contributed by atoms with van der Waals surface area (Å²) in [5.41, 5.74) is 9.31. The Hall–Kier alpha value is -4.99. The van der Waals surface area contributed by atoms with E-state index < -0.39 is 5.97 Å².